The van der Waals surface area contributed by atoms with Crippen LogP contribution in [0, 0.1) is 5.92 Å². The van der Waals surface area contributed by atoms with Crippen molar-refractivity contribution in [3.8, 4) is 0 Å². The summed E-state index contributed by atoms with van der Waals surface area (Å²) in [5.74, 6) is 1.91. The van der Waals surface area contributed by atoms with Gasteiger partial charge in [0, 0.05) is 12.5 Å². The van der Waals surface area contributed by atoms with E-state index in [4.69, 9.17) is 0 Å². The molecule has 2 rings (SSSR count). The van der Waals surface area contributed by atoms with Gasteiger partial charge in [0.15, 0.2) is 5.82 Å². The molecule has 21 heavy (non-hydrogen) atoms. The van der Waals surface area contributed by atoms with Gasteiger partial charge >= 0.3 is 0 Å². The van der Waals surface area contributed by atoms with E-state index in [1.165, 1.54) is 0 Å². The van der Waals surface area contributed by atoms with Gasteiger partial charge < -0.3 is 10.4 Å². The Labute approximate surface area is 126 Å². The molecule has 0 saturated heterocycles. The quantitative estimate of drug-likeness (QED) is 0.867. The Morgan fingerprint density at radius 2 is 2.14 bits per heavy atom. The number of hydrogen-bond acceptors (Lipinski definition) is 4. The first-order valence-electron chi connectivity index (χ1n) is 7.80. The first-order valence-corrected chi connectivity index (χ1v) is 7.80. The highest BCUT2D eigenvalue weighted by Gasteiger charge is 2.27. The normalized spacial score (nSPS) is 19.7. The summed E-state index contributed by atoms with van der Waals surface area (Å²) in [6, 6.07) is -0.0920. The van der Waals surface area contributed by atoms with Crippen LogP contribution in [-0.2, 0) is 11.3 Å². The number of nitrogens with one attached hydrogen (secondary N) is 1. The second-order valence-electron chi connectivity index (χ2n) is 6.48. The van der Waals surface area contributed by atoms with Gasteiger partial charge in [-0.15, -0.1) is 0 Å². The van der Waals surface area contributed by atoms with E-state index in [9.17, 15) is 9.90 Å². The van der Waals surface area contributed by atoms with Crippen molar-refractivity contribution in [3.05, 3.63) is 11.6 Å². The van der Waals surface area contributed by atoms with E-state index in [-0.39, 0.29) is 30.2 Å². The zero-order valence-corrected chi connectivity index (χ0v) is 13.3. The standard InChI is InChI=1S/C15H26N4O2/c1-9(2)12(20)8-13(21)16-11-6-5-7-19-15(11)17-14(18-19)10(3)4/h9-12,20H,5-8H2,1-4H3,(H,16,21). The largest absolute Gasteiger partial charge is 0.392 e. The molecule has 6 nitrogen and oxygen atoms in total. The summed E-state index contributed by atoms with van der Waals surface area (Å²) in [5.41, 5.74) is 0. The third-order valence-corrected chi connectivity index (χ3v) is 3.91. The van der Waals surface area contributed by atoms with Gasteiger partial charge in [-0.3, -0.25) is 4.79 Å². The first-order chi connectivity index (χ1) is 9.88. The maximum absolute atomic E-state index is 12.0. The van der Waals surface area contributed by atoms with Crippen molar-refractivity contribution in [3.63, 3.8) is 0 Å². The molecular weight excluding hydrogens is 268 g/mol. The summed E-state index contributed by atoms with van der Waals surface area (Å²) >= 11 is 0. The Morgan fingerprint density at radius 3 is 2.76 bits per heavy atom. The molecule has 0 spiro atoms. The summed E-state index contributed by atoms with van der Waals surface area (Å²) in [7, 11) is 0. The lowest BCUT2D eigenvalue weighted by Crippen LogP contribution is -2.35. The number of nitrogens with zero attached hydrogens (tertiary/aromatic N) is 3. The Bertz CT molecular complexity index is 496. The number of hydrogen-bond donors (Lipinski definition) is 2. The van der Waals surface area contributed by atoms with Gasteiger partial charge in [-0.1, -0.05) is 27.7 Å². The molecule has 1 aliphatic rings. The van der Waals surface area contributed by atoms with Gasteiger partial charge in [0.05, 0.1) is 18.6 Å². The number of aryl methyl sites for hydroxylation is 1. The van der Waals surface area contributed by atoms with Gasteiger partial charge in [-0.05, 0) is 18.8 Å². The molecule has 1 aromatic rings. The van der Waals surface area contributed by atoms with Crippen molar-refractivity contribution in [1.82, 2.24) is 20.1 Å². The van der Waals surface area contributed by atoms with E-state index in [1.807, 2.05) is 18.5 Å². The second kappa shape index (κ2) is 6.56. The van der Waals surface area contributed by atoms with Gasteiger partial charge in [0.25, 0.3) is 0 Å². The monoisotopic (exact) mass is 294 g/mol. The minimum atomic E-state index is -0.599. The highest BCUT2D eigenvalue weighted by atomic mass is 16.3. The topological polar surface area (TPSA) is 80.0 Å². The fourth-order valence-electron chi connectivity index (χ4n) is 2.43. The van der Waals surface area contributed by atoms with Crippen LogP contribution in [0.15, 0.2) is 0 Å². The van der Waals surface area contributed by atoms with Crippen LogP contribution >= 0.6 is 0 Å². The second-order valence-corrected chi connectivity index (χ2v) is 6.48. The van der Waals surface area contributed by atoms with Crippen LogP contribution in [0.1, 0.15) is 70.6 Å². The van der Waals surface area contributed by atoms with Crippen molar-refractivity contribution in [1.29, 1.82) is 0 Å². The van der Waals surface area contributed by atoms with Gasteiger partial charge in [-0.25, -0.2) is 9.67 Å². The van der Waals surface area contributed by atoms with Crippen LogP contribution in [0.3, 0.4) is 0 Å². The SMILES string of the molecule is CC(C)c1nc2n(n1)CCCC2NC(=O)CC(O)C(C)C. The fraction of sp³-hybridized carbons (Fsp3) is 0.800. The number of aliphatic hydroxyl groups excluding tert-OH is 1. The molecule has 0 fully saturated rings. The number of aromatic nitrogens is 3. The molecule has 0 radical (unpaired) electrons. The highest BCUT2D eigenvalue weighted by Crippen LogP contribution is 2.25. The molecule has 2 heterocycles. The Balaban J connectivity index is 2.04. The van der Waals surface area contributed by atoms with Crippen molar-refractivity contribution >= 4 is 5.91 Å². The van der Waals surface area contributed by atoms with E-state index in [2.05, 4.69) is 29.2 Å². The van der Waals surface area contributed by atoms with Crippen LogP contribution in [0.25, 0.3) is 0 Å². The van der Waals surface area contributed by atoms with E-state index in [1.54, 1.807) is 0 Å². The molecule has 0 aliphatic carbocycles. The maximum Gasteiger partial charge on any atom is 0.223 e. The first kappa shape index (κ1) is 15.9. The molecule has 118 valence electrons. The summed E-state index contributed by atoms with van der Waals surface area (Å²) in [4.78, 5) is 16.6. The van der Waals surface area contributed by atoms with E-state index < -0.39 is 6.10 Å². The number of rotatable bonds is 5. The third-order valence-electron chi connectivity index (χ3n) is 3.91. The maximum atomic E-state index is 12.0. The molecule has 1 aliphatic heterocycles. The third kappa shape index (κ3) is 3.81. The summed E-state index contributed by atoms with van der Waals surface area (Å²) in [6.45, 7) is 8.80. The minimum Gasteiger partial charge on any atom is -0.392 e. The smallest absolute Gasteiger partial charge is 0.223 e. The molecule has 0 saturated carbocycles. The molecule has 2 N–H and O–H groups in total. The predicted octanol–water partition coefficient (Wildman–Crippen LogP) is 1.76. The zero-order valence-electron chi connectivity index (χ0n) is 13.3. The minimum absolute atomic E-state index is 0.0818. The molecule has 6 heteroatoms. The summed E-state index contributed by atoms with van der Waals surface area (Å²) in [5, 5.41) is 17.3. The zero-order chi connectivity index (χ0) is 15.6. The fourth-order valence-corrected chi connectivity index (χ4v) is 2.43. The van der Waals surface area contributed by atoms with Crippen molar-refractivity contribution in [2.75, 3.05) is 0 Å². The van der Waals surface area contributed by atoms with Gasteiger partial charge in [0.2, 0.25) is 5.91 Å². The van der Waals surface area contributed by atoms with E-state index in [0.29, 0.717) is 0 Å². The van der Waals surface area contributed by atoms with Gasteiger partial charge in [0.1, 0.15) is 5.82 Å². The molecular formula is C15H26N4O2. The Kier molecular flexibility index (Phi) is 4.98. The predicted molar refractivity (Wildman–Crippen MR) is 79.7 cm³/mol. The van der Waals surface area contributed by atoms with Crippen LogP contribution in [-0.4, -0.2) is 31.9 Å². The molecule has 2 unspecified atom stereocenters. The lowest BCUT2D eigenvalue weighted by molar-refractivity contribution is -0.124. The van der Waals surface area contributed by atoms with Crippen molar-refractivity contribution < 1.29 is 9.90 Å². The number of aliphatic hydroxyl groups is 1. The van der Waals surface area contributed by atoms with Crippen molar-refractivity contribution in [2.45, 2.75) is 71.6 Å². The van der Waals surface area contributed by atoms with Crippen LogP contribution in [0.4, 0.5) is 0 Å². The summed E-state index contributed by atoms with van der Waals surface area (Å²) in [6.07, 6.45) is 1.39. The highest BCUT2D eigenvalue weighted by molar-refractivity contribution is 5.76. The van der Waals surface area contributed by atoms with Crippen LogP contribution in [0.2, 0.25) is 0 Å². The molecule has 2 atom stereocenters. The van der Waals surface area contributed by atoms with E-state index in [0.717, 1.165) is 31.0 Å². The molecule has 0 aromatic carbocycles. The average Bonchev–Trinajstić information content (AvgIpc) is 2.83. The Morgan fingerprint density at radius 1 is 1.43 bits per heavy atom. The number of amides is 1. The molecule has 1 aromatic heterocycles. The molecule has 1 amide bonds. The lowest BCUT2D eigenvalue weighted by atomic mass is 10.0. The van der Waals surface area contributed by atoms with Crippen LogP contribution < -0.4 is 5.32 Å². The number of fused-ring (bicyclic) bond motifs is 1. The number of carbonyl (C=O) groups is 1. The van der Waals surface area contributed by atoms with Crippen molar-refractivity contribution in [2.24, 2.45) is 5.92 Å². The number of carbonyl (C=O) groups excluding carboxylic acids is 1. The summed E-state index contributed by atoms with van der Waals surface area (Å²) < 4.78 is 1.91. The lowest BCUT2D eigenvalue weighted by Gasteiger charge is -2.24. The van der Waals surface area contributed by atoms with E-state index >= 15 is 0 Å². The van der Waals surface area contributed by atoms with Gasteiger partial charge in [-0.2, -0.15) is 5.10 Å². The average molecular weight is 294 g/mol. The van der Waals surface area contributed by atoms with Crippen LogP contribution in [0.5, 0.6) is 0 Å². The Hall–Kier alpha value is -1.43. The molecule has 0 bridgehead atoms.